The van der Waals surface area contributed by atoms with Gasteiger partial charge < -0.3 is 14.4 Å². The highest BCUT2D eigenvalue weighted by Crippen LogP contribution is 2.36. The first-order valence-corrected chi connectivity index (χ1v) is 12.9. The monoisotopic (exact) mass is 504 g/mol. The standard InChI is InChI=1S/C31H37FN2O3/c1-22(2)17-34(31(35)23-12-14-27(32)15-13-23)20-26-19-33(18-25-8-5-6-11-30(25)37-4)21-29(26)24-9-7-10-28(16-24)36-3/h5-16,22,26,29H,17-21H2,1-4H3. The second-order valence-corrected chi connectivity index (χ2v) is 10.3. The number of halogens is 1. The maximum atomic E-state index is 13.5. The summed E-state index contributed by atoms with van der Waals surface area (Å²) in [6.07, 6.45) is 0. The first-order chi connectivity index (χ1) is 17.9. The summed E-state index contributed by atoms with van der Waals surface area (Å²) < 4.78 is 24.6. The summed E-state index contributed by atoms with van der Waals surface area (Å²) in [5.74, 6) is 2.10. The lowest BCUT2D eigenvalue weighted by atomic mass is 9.88. The van der Waals surface area contributed by atoms with Gasteiger partial charge in [-0.2, -0.15) is 0 Å². The molecule has 1 amide bonds. The molecule has 1 heterocycles. The second-order valence-electron chi connectivity index (χ2n) is 10.3. The maximum Gasteiger partial charge on any atom is 0.253 e. The molecule has 1 fully saturated rings. The number of rotatable bonds is 10. The third-order valence-electron chi connectivity index (χ3n) is 7.04. The summed E-state index contributed by atoms with van der Waals surface area (Å²) in [5, 5.41) is 0. The lowest BCUT2D eigenvalue weighted by Gasteiger charge is -2.30. The van der Waals surface area contributed by atoms with Crippen LogP contribution in [0.25, 0.3) is 0 Å². The fourth-order valence-corrected chi connectivity index (χ4v) is 5.34. The van der Waals surface area contributed by atoms with Gasteiger partial charge in [-0.3, -0.25) is 9.69 Å². The zero-order valence-electron chi connectivity index (χ0n) is 22.2. The molecule has 2 atom stereocenters. The molecular weight excluding hydrogens is 467 g/mol. The number of nitrogens with zero attached hydrogens (tertiary/aromatic N) is 2. The number of hydrogen-bond acceptors (Lipinski definition) is 4. The number of hydrogen-bond donors (Lipinski definition) is 0. The van der Waals surface area contributed by atoms with Crippen molar-refractivity contribution < 1.29 is 18.7 Å². The SMILES string of the molecule is COc1cccc(C2CN(Cc3ccccc3OC)CC2CN(CC(C)C)C(=O)c2ccc(F)cc2)c1. The third kappa shape index (κ3) is 6.69. The number of carbonyl (C=O) groups excluding carboxylic acids is 1. The number of ether oxygens (including phenoxy) is 2. The van der Waals surface area contributed by atoms with E-state index in [-0.39, 0.29) is 23.6 Å². The zero-order valence-corrected chi connectivity index (χ0v) is 22.2. The molecule has 1 saturated heterocycles. The van der Waals surface area contributed by atoms with E-state index in [2.05, 4.69) is 36.9 Å². The van der Waals surface area contributed by atoms with Gasteiger partial charge in [-0.05, 0) is 59.9 Å². The van der Waals surface area contributed by atoms with Crippen LogP contribution in [0.1, 0.15) is 41.3 Å². The van der Waals surface area contributed by atoms with E-state index in [9.17, 15) is 9.18 Å². The number of likely N-dealkylation sites (tertiary alicyclic amines) is 1. The Hall–Kier alpha value is -3.38. The van der Waals surface area contributed by atoms with Crippen LogP contribution in [-0.2, 0) is 6.54 Å². The van der Waals surface area contributed by atoms with E-state index in [1.165, 1.54) is 17.7 Å². The van der Waals surface area contributed by atoms with E-state index in [0.717, 1.165) is 36.7 Å². The van der Waals surface area contributed by atoms with Gasteiger partial charge in [0.05, 0.1) is 14.2 Å². The molecule has 4 rings (SSSR count). The van der Waals surface area contributed by atoms with Gasteiger partial charge in [0.1, 0.15) is 17.3 Å². The van der Waals surface area contributed by atoms with Crippen molar-refractivity contribution in [1.82, 2.24) is 9.80 Å². The van der Waals surface area contributed by atoms with Gasteiger partial charge in [-0.25, -0.2) is 4.39 Å². The highest BCUT2D eigenvalue weighted by atomic mass is 19.1. The van der Waals surface area contributed by atoms with Crippen LogP contribution in [0, 0.1) is 17.7 Å². The quantitative estimate of drug-likeness (QED) is 0.347. The van der Waals surface area contributed by atoms with E-state index in [4.69, 9.17) is 9.47 Å². The first-order valence-electron chi connectivity index (χ1n) is 12.9. The Balaban J connectivity index is 1.61. The predicted molar refractivity (Wildman–Crippen MR) is 145 cm³/mol. The van der Waals surface area contributed by atoms with E-state index >= 15 is 0 Å². The van der Waals surface area contributed by atoms with Crippen LogP contribution >= 0.6 is 0 Å². The molecule has 1 aliphatic heterocycles. The van der Waals surface area contributed by atoms with Gasteiger partial charge in [0, 0.05) is 49.8 Å². The Bertz CT molecular complexity index is 1180. The smallest absolute Gasteiger partial charge is 0.253 e. The van der Waals surface area contributed by atoms with Crippen molar-refractivity contribution in [2.24, 2.45) is 11.8 Å². The van der Waals surface area contributed by atoms with Crippen molar-refractivity contribution in [2.75, 3.05) is 40.4 Å². The number of amides is 1. The van der Waals surface area contributed by atoms with Crippen molar-refractivity contribution in [1.29, 1.82) is 0 Å². The van der Waals surface area contributed by atoms with Gasteiger partial charge in [-0.1, -0.05) is 44.2 Å². The molecule has 0 aliphatic carbocycles. The molecule has 6 heteroatoms. The molecule has 37 heavy (non-hydrogen) atoms. The van der Waals surface area contributed by atoms with Crippen molar-refractivity contribution in [3.05, 3.63) is 95.3 Å². The molecule has 0 N–H and O–H groups in total. The summed E-state index contributed by atoms with van der Waals surface area (Å²) in [6, 6.07) is 22.2. The fourth-order valence-electron chi connectivity index (χ4n) is 5.34. The average molecular weight is 505 g/mol. The van der Waals surface area contributed by atoms with Gasteiger partial charge >= 0.3 is 0 Å². The number of carbonyl (C=O) groups is 1. The Labute approximate surface area is 219 Å². The number of para-hydroxylation sites is 1. The van der Waals surface area contributed by atoms with Crippen molar-refractivity contribution in [3.63, 3.8) is 0 Å². The van der Waals surface area contributed by atoms with Gasteiger partial charge in [0.25, 0.3) is 5.91 Å². The average Bonchev–Trinajstić information content (AvgIpc) is 3.30. The summed E-state index contributed by atoms with van der Waals surface area (Å²) in [5.41, 5.74) is 2.88. The summed E-state index contributed by atoms with van der Waals surface area (Å²) >= 11 is 0. The molecule has 0 spiro atoms. The molecule has 1 aliphatic rings. The minimum atomic E-state index is -0.340. The van der Waals surface area contributed by atoms with E-state index < -0.39 is 0 Å². The molecule has 0 saturated carbocycles. The van der Waals surface area contributed by atoms with Gasteiger partial charge in [0.2, 0.25) is 0 Å². The highest BCUT2D eigenvalue weighted by molar-refractivity contribution is 5.94. The topological polar surface area (TPSA) is 42.0 Å². The fraction of sp³-hybridized carbons (Fsp3) is 0.387. The van der Waals surface area contributed by atoms with E-state index in [1.807, 2.05) is 35.2 Å². The number of methoxy groups -OCH3 is 2. The van der Waals surface area contributed by atoms with Crippen LogP contribution in [0.5, 0.6) is 11.5 Å². The Morgan fingerprint density at radius 2 is 1.76 bits per heavy atom. The molecule has 2 unspecified atom stereocenters. The molecule has 0 aromatic heterocycles. The Morgan fingerprint density at radius 1 is 1.00 bits per heavy atom. The molecule has 5 nitrogen and oxygen atoms in total. The van der Waals surface area contributed by atoms with Crippen molar-refractivity contribution >= 4 is 5.91 Å². The van der Waals surface area contributed by atoms with Gasteiger partial charge in [0.15, 0.2) is 0 Å². The molecule has 196 valence electrons. The van der Waals surface area contributed by atoms with Crippen molar-refractivity contribution in [3.8, 4) is 11.5 Å². The summed E-state index contributed by atoms with van der Waals surface area (Å²) in [6.45, 7) is 8.00. The van der Waals surface area contributed by atoms with Crippen molar-refractivity contribution in [2.45, 2.75) is 26.3 Å². The minimum absolute atomic E-state index is 0.0544. The normalized spacial score (nSPS) is 17.7. The lowest BCUT2D eigenvalue weighted by Crippen LogP contribution is -2.39. The second kappa shape index (κ2) is 12.2. The highest BCUT2D eigenvalue weighted by Gasteiger charge is 2.36. The van der Waals surface area contributed by atoms with Crippen LogP contribution < -0.4 is 9.47 Å². The first kappa shape index (κ1) is 26.7. The predicted octanol–water partition coefficient (Wildman–Crippen LogP) is 5.86. The molecular formula is C31H37FN2O3. The van der Waals surface area contributed by atoms with Gasteiger partial charge in [-0.15, -0.1) is 0 Å². The van der Waals surface area contributed by atoms with Crippen LogP contribution in [0.15, 0.2) is 72.8 Å². The van der Waals surface area contributed by atoms with E-state index in [0.29, 0.717) is 24.6 Å². The summed E-state index contributed by atoms with van der Waals surface area (Å²) in [4.78, 5) is 17.9. The largest absolute Gasteiger partial charge is 0.497 e. The minimum Gasteiger partial charge on any atom is -0.497 e. The van der Waals surface area contributed by atoms with Crippen LogP contribution in [0.3, 0.4) is 0 Å². The van der Waals surface area contributed by atoms with E-state index in [1.54, 1.807) is 26.4 Å². The summed E-state index contributed by atoms with van der Waals surface area (Å²) in [7, 11) is 3.39. The van der Waals surface area contributed by atoms with Crippen LogP contribution in [0.2, 0.25) is 0 Å². The number of benzene rings is 3. The lowest BCUT2D eigenvalue weighted by molar-refractivity contribution is 0.0703. The van der Waals surface area contributed by atoms with Crippen LogP contribution in [0.4, 0.5) is 4.39 Å². The molecule has 3 aromatic carbocycles. The maximum absolute atomic E-state index is 13.5. The molecule has 0 bridgehead atoms. The molecule has 3 aromatic rings. The Kier molecular flexibility index (Phi) is 8.82. The Morgan fingerprint density at radius 3 is 2.46 bits per heavy atom. The third-order valence-corrected chi connectivity index (χ3v) is 7.04. The molecule has 0 radical (unpaired) electrons. The van der Waals surface area contributed by atoms with Crippen LogP contribution in [-0.4, -0.2) is 56.1 Å². The zero-order chi connectivity index (χ0) is 26.4.